The summed E-state index contributed by atoms with van der Waals surface area (Å²) in [4.78, 5) is 26.0. The summed E-state index contributed by atoms with van der Waals surface area (Å²) < 4.78 is 5.11. The molecule has 146 valence electrons. The Morgan fingerprint density at radius 1 is 1.14 bits per heavy atom. The van der Waals surface area contributed by atoms with Crippen molar-refractivity contribution in [2.45, 2.75) is 32.2 Å². The maximum Gasteiger partial charge on any atom is 0.341 e. The summed E-state index contributed by atoms with van der Waals surface area (Å²) in [6.45, 7) is 1.55. The highest BCUT2D eigenvalue weighted by molar-refractivity contribution is 5.83. The molecule has 0 aliphatic heterocycles. The summed E-state index contributed by atoms with van der Waals surface area (Å²) in [5, 5.41) is 12.8. The molecule has 0 bridgehead atoms. The molecule has 0 aliphatic carbocycles. The van der Waals surface area contributed by atoms with Crippen molar-refractivity contribution >= 4 is 22.8 Å². The Hall–Kier alpha value is -3.28. The highest BCUT2D eigenvalue weighted by Crippen LogP contribution is 2.20. The lowest BCUT2D eigenvalue weighted by molar-refractivity contribution is -0.139. The minimum Gasteiger partial charge on any atom is -0.482 e. The number of carbonyl (C=O) groups is 2. The Balaban J connectivity index is 1.45. The van der Waals surface area contributed by atoms with Gasteiger partial charge < -0.3 is 20.1 Å². The molecule has 1 aromatic heterocycles. The number of amides is 1. The predicted molar refractivity (Wildman–Crippen MR) is 107 cm³/mol. The van der Waals surface area contributed by atoms with Crippen molar-refractivity contribution in [2.24, 2.45) is 0 Å². The molecule has 0 radical (unpaired) electrons. The van der Waals surface area contributed by atoms with E-state index in [1.54, 1.807) is 12.1 Å². The van der Waals surface area contributed by atoms with Crippen molar-refractivity contribution in [2.75, 3.05) is 6.61 Å². The third-order valence-corrected chi connectivity index (χ3v) is 4.64. The number of carboxylic acids is 1. The number of ether oxygens (including phenoxy) is 1. The van der Waals surface area contributed by atoms with Crippen LogP contribution in [0.15, 0.2) is 54.7 Å². The van der Waals surface area contributed by atoms with Crippen LogP contribution in [0, 0.1) is 0 Å². The maximum absolute atomic E-state index is 12.3. The van der Waals surface area contributed by atoms with E-state index >= 15 is 0 Å². The summed E-state index contributed by atoms with van der Waals surface area (Å²) in [6.07, 6.45) is 4.10. The van der Waals surface area contributed by atoms with E-state index in [9.17, 15) is 9.59 Å². The number of aromatic amines is 1. The Morgan fingerprint density at radius 3 is 2.64 bits per heavy atom. The molecule has 0 spiro atoms. The van der Waals surface area contributed by atoms with Crippen LogP contribution >= 0.6 is 0 Å². The molecule has 3 rings (SSSR count). The number of hydrogen-bond donors (Lipinski definition) is 3. The SMILES string of the molecule is CC(NC(=O)CCCc1c[nH]c2ccccc12)c1ccc(OCC(=O)O)cc1. The lowest BCUT2D eigenvalue weighted by Crippen LogP contribution is -2.26. The number of aryl methyl sites for hydroxylation is 1. The molecule has 6 heteroatoms. The first kappa shape index (κ1) is 19.5. The average Bonchev–Trinajstić information content (AvgIpc) is 3.10. The van der Waals surface area contributed by atoms with E-state index in [1.165, 1.54) is 10.9 Å². The highest BCUT2D eigenvalue weighted by Gasteiger charge is 2.11. The van der Waals surface area contributed by atoms with Gasteiger partial charge in [0.15, 0.2) is 6.61 Å². The fourth-order valence-electron chi connectivity index (χ4n) is 3.17. The van der Waals surface area contributed by atoms with Crippen molar-refractivity contribution in [1.82, 2.24) is 10.3 Å². The van der Waals surface area contributed by atoms with Gasteiger partial charge in [0.2, 0.25) is 5.91 Å². The van der Waals surface area contributed by atoms with Crippen LogP contribution in [0.4, 0.5) is 0 Å². The number of fused-ring (bicyclic) bond motifs is 1. The summed E-state index contributed by atoms with van der Waals surface area (Å²) >= 11 is 0. The molecule has 3 N–H and O–H groups in total. The quantitative estimate of drug-likeness (QED) is 0.526. The summed E-state index contributed by atoms with van der Waals surface area (Å²) in [5.41, 5.74) is 3.28. The maximum atomic E-state index is 12.3. The first-order chi connectivity index (χ1) is 13.5. The molecule has 1 amide bonds. The molecular formula is C22H24N2O4. The second-order valence-corrected chi connectivity index (χ2v) is 6.75. The standard InChI is InChI=1S/C22H24N2O4/c1-15(16-9-11-18(12-10-16)28-14-22(26)27)24-21(25)8-4-5-17-13-23-20-7-3-2-6-19(17)20/h2-3,6-7,9-13,15,23H,4-5,8,14H2,1H3,(H,24,25)(H,26,27). The summed E-state index contributed by atoms with van der Waals surface area (Å²) in [6, 6.07) is 15.1. The molecule has 1 unspecified atom stereocenters. The van der Waals surface area contributed by atoms with Crippen LogP contribution in [-0.4, -0.2) is 28.6 Å². The number of para-hydroxylation sites is 1. The Labute approximate surface area is 163 Å². The number of rotatable bonds is 9. The molecule has 28 heavy (non-hydrogen) atoms. The van der Waals surface area contributed by atoms with Gasteiger partial charge in [0.25, 0.3) is 0 Å². The fraction of sp³-hybridized carbons (Fsp3) is 0.273. The molecule has 1 atom stereocenters. The molecule has 0 saturated carbocycles. The second kappa shape index (κ2) is 9.08. The largest absolute Gasteiger partial charge is 0.482 e. The number of aliphatic carboxylic acids is 1. The van der Waals surface area contributed by atoms with Gasteiger partial charge in [-0.05, 0) is 49.1 Å². The molecular weight excluding hydrogens is 356 g/mol. The van der Waals surface area contributed by atoms with Crippen LogP contribution < -0.4 is 10.1 Å². The van der Waals surface area contributed by atoms with Crippen LogP contribution in [-0.2, 0) is 16.0 Å². The van der Waals surface area contributed by atoms with Crippen molar-refractivity contribution in [3.05, 3.63) is 65.9 Å². The number of benzene rings is 2. The molecule has 6 nitrogen and oxygen atoms in total. The molecule has 3 aromatic rings. The van der Waals surface area contributed by atoms with Gasteiger partial charge in [-0.3, -0.25) is 4.79 Å². The Morgan fingerprint density at radius 2 is 1.89 bits per heavy atom. The van der Waals surface area contributed by atoms with Crippen LogP contribution in [0.25, 0.3) is 10.9 Å². The highest BCUT2D eigenvalue weighted by atomic mass is 16.5. The molecule has 2 aromatic carbocycles. The monoisotopic (exact) mass is 380 g/mol. The average molecular weight is 380 g/mol. The Bertz CT molecular complexity index is 947. The van der Waals surface area contributed by atoms with Gasteiger partial charge in [-0.1, -0.05) is 30.3 Å². The minimum atomic E-state index is -1.02. The lowest BCUT2D eigenvalue weighted by atomic mass is 10.1. The molecule has 0 fully saturated rings. The van der Waals surface area contributed by atoms with Crippen LogP contribution in [0.2, 0.25) is 0 Å². The first-order valence-electron chi connectivity index (χ1n) is 9.32. The van der Waals surface area contributed by atoms with E-state index in [-0.39, 0.29) is 18.6 Å². The first-order valence-corrected chi connectivity index (χ1v) is 9.32. The van der Waals surface area contributed by atoms with Gasteiger partial charge in [-0.15, -0.1) is 0 Å². The smallest absolute Gasteiger partial charge is 0.341 e. The van der Waals surface area contributed by atoms with Crippen LogP contribution in [0.5, 0.6) is 5.75 Å². The fourth-order valence-corrected chi connectivity index (χ4v) is 3.17. The Kier molecular flexibility index (Phi) is 6.32. The van der Waals surface area contributed by atoms with Crippen molar-refractivity contribution < 1.29 is 19.4 Å². The van der Waals surface area contributed by atoms with Gasteiger partial charge in [0.05, 0.1) is 6.04 Å². The number of nitrogens with one attached hydrogen (secondary N) is 2. The summed E-state index contributed by atoms with van der Waals surface area (Å²) in [5.74, 6) is -0.515. The number of carboxylic acid groups (broad SMARTS) is 1. The van der Waals surface area contributed by atoms with E-state index in [0.717, 1.165) is 23.9 Å². The molecule has 1 heterocycles. The van der Waals surface area contributed by atoms with Gasteiger partial charge in [0, 0.05) is 23.5 Å². The minimum absolute atomic E-state index is 0.0125. The van der Waals surface area contributed by atoms with E-state index in [4.69, 9.17) is 9.84 Å². The number of carbonyl (C=O) groups excluding carboxylic acids is 1. The number of aromatic nitrogens is 1. The van der Waals surface area contributed by atoms with Crippen LogP contribution in [0.1, 0.15) is 36.9 Å². The third kappa shape index (κ3) is 5.13. The van der Waals surface area contributed by atoms with Gasteiger partial charge >= 0.3 is 5.97 Å². The van der Waals surface area contributed by atoms with E-state index < -0.39 is 5.97 Å². The van der Waals surface area contributed by atoms with Crippen molar-refractivity contribution in [1.29, 1.82) is 0 Å². The van der Waals surface area contributed by atoms with E-state index in [2.05, 4.69) is 16.4 Å². The predicted octanol–water partition coefficient (Wildman–Crippen LogP) is 3.83. The number of H-pyrrole nitrogens is 1. The number of hydrogen-bond acceptors (Lipinski definition) is 3. The zero-order valence-corrected chi connectivity index (χ0v) is 15.8. The van der Waals surface area contributed by atoms with Gasteiger partial charge in [-0.25, -0.2) is 4.79 Å². The molecule has 0 saturated heterocycles. The zero-order chi connectivity index (χ0) is 19.9. The van der Waals surface area contributed by atoms with Crippen molar-refractivity contribution in [3.8, 4) is 5.75 Å². The second-order valence-electron chi connectivity index (χ2n) is 6.75. The third-order valence-electron chi connectivity index (χ3n) is 4.64. The normalized spacial score (nSPS) is 11.9. The lowest BCUT2D eigenvalue weighted by Gasteiger charge is -2.15. The van der Waals surface area contributed by atoms with Gasteiger partial charge in [0.1, 0.15) is 5.75 Å². The van der Waals surface area contributed by atoms with Crippen LogP contribution in [0.3, 0.4) is 0 Å². The van der Waals surface area contributed by atoms with Crippen molar-refractivity contribution in [3.63, 3.8) is 0 Å². The van der Waals surface area contributed by atoms with Gasteiger partial charge in [-0.2, -0.15) is 0 Å². The molecule has 0 aliphatic rings. The zero-order valence-electron chi connectivity index (χ0n) is 15.8. The van der Waals surface area contributed by atoms with E-state index in [1.807, 2.05) is 43.5 Å². The van der Waals surface area contributed by atoms with E-state index in [0.29, 0.717) is 12.2 Å². The summed E-state index contributed by atoms with van der Waals surface area (Å²) in [7, 11) is 0. The topological polar surface area (TPSA) is 91.4 Å².